The standard InChI is InChI=1S/C23H22F7N4O6P/c1-12(14-8-15(22(25,26)27)10-16(9-14)23(28,29)30)40-20-19(13-2-4-17(24)5-3-13)33(6-7-39-20)11-18-31-32-21(35)34(18)41(36,37)38/h2-5,8-10,12,19-20H,6-7,11H2,1H3,(H,32,35)(H2,36,37,38)/t12?,19-,20+/m0/s1. The van der Waals surface area contributed by atoms with Gasteiger partial charge in [0.15, 0.2) is 12.1 Å². The highest BCUT2D eigenvalue weighted by Gasteiger charge is 2.40. The Hall–Kier alpha value is -3.08. The molecule has 1 saturated heterocycles. The Morgan fingerprint density at radius 2 is 1.68 bits per heavy atom. The topological polar surface area (TPSA) is 130 Å². The van der Waals surface area contributed by atoms with Crippen LogP contribution in [0.25, 0.3) is 0 Å². The zero-order valence-electron chi connectivity index (χ0n) is 20.9. The van der Waals surface area contributed by atoms with E-state index < -0.39 is 66.7 Å². The minimum Gasteiger partial charge on any atom is -0.349 e. The van der Waals surface area contributed by atoms with Gasteiger partial charge >= 0.3 is 25.8 Å². The molecule has 224 valence electrons. The van der Waals surface area contributed by atoms with E-state index in [4.69, 9.17) is 9.47 Å². The molecule has 0 bridgehead atoms. The molecule has 2 heterocycles. The van der Waals surface area contributed by atoms with Gasteiger partial charge in [-0.25, -0.2) is 18.8 Å². The number of nitrogens with one attached hydrogen (secondary N) is 1. The minimum atomic E-state index is -5.14. The first kappa shape index (κ1) is 30.9. The van der Waals surface area contributed by atoms with Crippen LogP contribution in [0, 0.1) is 5.82 Å². The summed E-state index contributed by atoms with van der Waals surface area (Å²) in [4.78, 5) is 32.6. The fourth-order valence-corrected chi connectivity index (χ4v) is 5.07. The molecule has 4 rings (SSSR count). The van der Waals surface area contributed by atoms with Crippen molar-refractivity contribution in [3.8, 4) is 0 Å². The molecule has 1 aromatic heterocycles. The molecule has 1 unspecified atom stereocenters. The van der Waals surface area contributed by atoms with E-state index in [1.54, 1.807) is 0 Å². The second-order valence-corrected chi connectivity index (χ2v) is 10.5. The van der Waals surface area contributed by atoms with Crippen LogP contribution in [-0.4, -0.2) is 48.7 Å². The number of alkyl halides is 6. The Kier molecular flexibility index (Phi) is 8.51. The van der Waals surface area contributed by atoms with Crippen molar-refractivity contribution in [3.05, 3.63) is 86.8 Å². The number of aromatic nitrogens is 3. The zero-order valence-corrected chi connectivity index (χ0v) is 21.8. The van der Waals surface area contributed by atoms with Crippen molar-refractivity contribution in [2.45, 2.75) is 44.3 Å². The van der Waals surface area contributed by atoms with Crippen LogP contribution in [0.2, 0.25) is 0 Å². The largest absolute Gasteiger partial charge is 0.439 e. The third-order valence-electron chi connectivity index (χ3n) is 6.26. The lowest BCUT2D eigenvalue weighted by atomic mass is 10.0. The van der Waals surface area contributed by atoms with Gasteiger partial charge in [-0.1, -0.05) is 12.1 Å². The van der Waals surface area contributed by atoms with Gasteiger partial charge in [0.05, 0.1) is 36.4 Å². The van der Waals surface area contributed by atoms with Crippen molar-refractivity contribution >= 4 is 7.75 Å². The summed E-state index contributed by atoms with van der Waals surface area (Å²) in [6.45, 7) is 0.792. The SMILES string of the molecule is CC(O[C@H]1OCCN(Cc2n[nH]c(=O)n2P(=O)(O)O)[C@H]1c1ccc(F)cc1)c1cc(C(F)(F)F)cc(C(F)(F)F)c1. The van der Waals surface area contributed by atoms with E-state index in [0.29, 0.717) is 17.7 Å². The summed E-state index contributed by atoms with van der Waals surface area (Å²) in [5.41, 5.74) is -4.38. The first-order valence-electron chi connectivity index (χ1n) is 11.7. The third kappa shape index (κ3) is 7.05. The van der Waals surface area contributed by atoms with E-state index >= 15 is 0 Å². The Labute approximate surface area is 226 Å². The van der Waals surface area contributed by atoms with E-state index in [2.05, 4.69) is 5.10 Å². The van der Waals surface area contributed by atoms with E-state index in [1.165, 1.54) is 24.0 Å². The van der Waals surface area contributed by atoms with E-state index in [9.17, 15) is 49.9 Å². The van der Waals surface area contributed by atoms with Gasteiger partial charge < -0.3 is 19.3 Å². The van der Waals surface area contributed by atoms with Crippen LogP contribution in [-0.2, 0) is 32.9 Å². The maximum Gasteiger partial charge on any atom is 0.439 e. The van der Waals surface area contributed by atoms with Gasteiger partial charge in [-0.05, 0) is 48.4 Å². The lowest BCUT2D eigenvalue weighted by Gasteiger charge is -2.41. The van der Waals surface area contributed by atoms with Crippen LogP contribution < -0.4 is 5.69 Å². The second kappa shape index (κ2) is 11.3. The minimum absolute atomic E-state index is 0.0131. The molecule has 18 heteroatoms. The predicted molar refractivity (Wildman–Crippen MR) is 126 cm³/mol. The molecule has 1 aliphatic rings. The maximum absolute atomic E-state index is 13.7. The molecule has 2 aromatic carbocycles. The summed E-state index contributed by atoms with van der Waals surface area (Å²) >= 11 is 0. The van der Waals surface area contributed by atoms with Gasteiger partial charge in [-0.15, -0.1) is 0 Å². The summed E-state index contributed by atoms with van der Waals surface area (Å²) in [5, 5.41) is 5.59. The normalized spacial score (nSPS) is 19.9. The Morgan fingerprint density at radius 3 is 2.22 bits per heavy atom. The first-order valence-corrected chi connectivity index (χ1v) is 13.3. The van der Waals surface area contributed by atoms with Gasteiger partial charge in [0.1, 0.15) is 5.82 Å². The highest BCUT2D eigenvalue weighted by atomic mass is 31.2. The van der Waals surface area contributed by atoms with Crippen molar-refractivity contribution in [1.82, 2.24) is 19.4 Å². The van der Waals surface area contributed by atoms with Crippen molar-refractivity contribution < 1.29 is 54.6 Å². The van der Waals surface area contributed by atoms with E-state index in [-0.39, 0.29) is 35.9 Å². The molecule has 3 N–H and O–H groups in total. The number of morpholine rings is 1. The third-order valence-corrected chi connectivity index (χ3v) is 7.20. The first-order chi connectivity index (χ1) is 18.9. The Bertz CT molecular complexity index is 1450. The van der Waals surface area contributed by atoms with Crippen LogP contribution in [0.1, 0.15) is 47.1 Å². The smallest absolute Gasteiger partial charge is 0.349 e. The quantitative estimate of drug-likeness (QED) is 0.265. The van der Waals surface area contributed by atoms with Crippen LogP contribution in [0.4, 0.5) is 30.7 Å². The molecule has 0 spiro atoms. The van der Waals surface area contributed by atoms with Crippen molar-refractivity contribution in [2.24, 2.45) is 0 Å². The van der Waals surface area contributed by atoms with Crippen LogP contribution in [0.5, 0.6) is 0 Å². The van der Waals surface area contributed by atoms with Crippen molar-refractivity contribution in [3.63, 3.8) is 0 Å². The molecule has 1 fully saturated rings. The molecule has 41 heavy (non-hydrogen) atoms. The molecular weight excluding hydrogens is 592 g/mol. The number of ether oxygens (including phenoxy) is 2. The van der Waals surface area contributed by atoms with Gasteiger partial charge in [-0.2, -0.15) is 35.8 Å². The molecule has 0 radical (unpaired) electrons. The zero-order chi connectivity index (χ0) is 30.3. The van der Waals surface area contributed by atoms with E-state index in [0.717, 1.165) is 12.1 Å². The van der Waals surface area contributed by atoms with E-state index in [1.807, 2.05) is 5.10 Å². The predicted octanol–water partition coefficient (Wildman–Crippen LogP) is 4.37. The average Bonchev–Trinajstić information content (AvgIpc) is 3.24. The molecule has 0 saturated carbocycles. The molecule has 3 aromatic rings. The number of hydrogen-bond donors (Lipinski definition) is 3. The summed E-state index contributed by atoms with van der Waals surface area (Å²) in [5.74, 6) is -0.994. The Balaban J connectivity index is 1.71. The molecule has 0 aliphatic carbocycles. The van der Waals surface area contributed by atoms with Crippen molar-refractivity contribution in [1.29, 1.82) is 0 Å². The summed E-state index contributed by atoms with van der Waals surface area (Å²) in [6.07, 6.45) is -12.9. The van der Waals surface area contributed by atoms with Gasteiger partial charge in [0.2, 0.25) is 0 Å². The number of rotatable bonds is 7. The summed E-state index contributed by atoms with van der Waals surface area (Å²) < 4.78 is 118. The average molecular weight is 614 g/mol. The number of benzene rings is 2. The number of halogens is 7. The molecule has 0 amide bonds. The monoisotopic (exact) mass is 614 g/mol. The fourth-order valence-electron chi connectivity index (χ4n) is 4.38. The van der Waals surface area contributed by atoms with Crippen LogP contribution in [0.3, 0.4) is 0 Å². The van der Waals surface area contributed by atoms with Gasteiger partial charge in [0, 0.05) is 6.54 Å². The number of nitrogens with zero attached hydrogens (tertiary/aromatic N) is 3. The number of hydrogen-bond acceptors (Lipinski definition) is 6. The molecule has 1 aliphatic heterocycles. The van der Waals surface area contributed by atoms with Crippen LogP contribution >= 0.6 is 7.75 Å². The fraction of sp³-hybridized carbons (Fsp3) is 0.391. The highest BCUT2D eigenvalue weighted by Crippen LogP contribution is 2.41. The maximum atomic E-state index is 13.7. The second-order valence-electron chi connectivity index (χ2n) is 9.09. The lowest BCUT2D eigenvalue weighted by molar-refractivity contribution is -0.231. The summed E-state index contributed by atoms with van der Waals surface area (Å²) in [6, 6.07) is 4.84. The Morgan fingerprint density at radius 1 is 1.10 bits per heavy atom. The van der Waals surface area contributed by atoms with Gasteiger partial charge in [-0.3, -0.25) is 4.90 Å². The molecular formula is C23H22F7N4O6P. The lowest BCUT2D eigenvalue weighted by Crippen LogP contribution is -2.46. The number of aromatic amines is 1. The highest BCUT2D eigenvalue weighted by molar-refractivity contribution is 7.50. The number of H-pyrrole nitrogens is 1. The molecule has 3 atom stereocenters. The van der Waals surface area contributed by atoms with Crippen LogP contribution in [0.15, 0.2) is 47.3 Å². The van der Waals surface area contributed by atoms with Crippen molar-refractivity contribution in [2.75, 3.05) is 13.2 Å². The molecule has 10 nitrogen and oxygen atoms in total. The van der Waals surface area contributed by atoms with Gasteiger partial charge in [0.25, 0.3) is 0 Å². The summed E-state index contributed by atoms with van der Waals surface area (Å²) in [7, 11) is -5.14.